The molecule has 0 atom stereocenters. The lowest BCUT2D eigenvalue weighted by atomic mass is 10.1. The number of rotatable bonds is 7. The predicted octanol–water partition coefficient (Wildman–Crippen LogP) is 3.78. The van der Waals surface area contributed by atoms with E-state index in [9.17, 15) is 4.79 Å². The maximum absolute atomic E-state index is 12.1. The number of aromatic nitrogens is 1. The fourth-order valence-electron chi connectivity index (χ4n) is 2.24. The van der Waals surface area contributed by atoms with Crippen LogP contribution in [0.3, 0.4) is 0 Å². The second-order valence-corrected chi connectivity index (χ2v) is 6.18. The zero-order chi connectivity index (χ0) is 16.7. The summed E-state index contributed by atoms with van der Waals surface area (Å²) in [4.78, 5) is 16.3. The first kappa shape index (κ1) is 17.0. The lowest BCUT2D eigenvalue weighted by Crippen LogP contribution is -2.25. The summed E-state index contributed by atoms with van der Waals surface area (Å²) >= 11 is 0. The van der Waals surface area contributed by atoms with Gasteiger partial charge in [0, 0.05) is 25.5 Å². The first-order chi connectivity index (χ1) is 11.1. The van der Waals surface area contributed by atoms with Crippen LogP contribution in [0, 0.1) is 12.8 Å². The smallest absolute Gasteiger partial charge is 0.252 e. The Morgan fingerprint density at radius 2 is 2.00 bits per heavy atom. The fraction of sp³-hybridized carbons (Fsp3) is 0.368. The summed E-state index contributed by atoms with van der Waals surface area (Å²) in [7, 11) is 0. The fourth-order valence-corrected chi connectivity index (χ4v) is 2.24. The third kappa shape index (κ3) is 5.40. The summed E-state index contributed by atoms with van der Waals surface area (Å²) in [5.41, 5.74) is 3.92. The largest absolute Gasteiger partial charge is 0.380 e. The standard InChI is InChI=1S/C19H25N3O/c1-14(2)8-9-21-19(23)17-10-18(13-20-11-17)22-12-16-7-5-4-6-15(16)3/h4-7,10-11,13-14,22H,8-9,12H2,1-3H3,(H,21,23). The molecule has 4 nitrogen and oxygen atoms in total. The van der Waals surface area contributed by atoms with Crippen molar-refractivity contribution in [1.82, 2.24) is 10.3 Å². The van der Waals surface area contributed by atoms with Gasteiger partial charge in [0.1, 0.15) is 0 Å². The van der Waals surface area contributed by atoms with Crippen molar-refractivity contribution in [1.29, 1.82) is 0 Å². The summed E-state index contributed by atoms with van der Waals surface area (Å²) in [6.45, 7) is 7.78. The highest BCUT2D eigenvalue weighted by molar-refractivity contribution is 5.94. The third-order valence-electron chi connectivity index (χ3n) is 3.75. The molecule has 0 aliphatic rings. The van der Waals surface area contributed by atoms with Gasteiger partial charge in [-0.15, -0.1) is 0 Å². The van der Waals surface area contributed by atoms with Gasteiger partial charge in [-0.2, -0.15) is 0 Å². The van der Waals surface area contributed by atoms with Gasteiger partial charge >= 0.3 is 0 Å². The molecule has 0 aliphatic heterocycles. The topological polar surface area (TPSA) is 54.0 Å². The van der Waals surface area contributed by atoms with Crippen LogP contribution < -0.4 is 10.6 Å². The van der Waals surface area contributed by atoms with Crippen LogP contribution in [0.15, 0.2) is 42.7 Å². The van der Waals surface area contributed by atoms with Gasteiger partial charge in [-0.05, 0) is 36.5 Å². The Labute approximate surface area is 138 Å². The molecule has 2 rings (SSSR count). The average Bonchev–Trinajstić information content (AvgIpc) is 2.54. The number of carbonyl (C=O) groups is 1. The molecule has 0 saturated heterocycles. The van der Waals surface area contributed by atoms with E-state index < -0.39 is 0 Å². The normalized spacial score (nSPS) is 10.6. The Hall–Kier alpha value is -2.36. The maximum atomic E-state index is 12.1. The van der Waals surface area contributed by atoms with E-state index in [4.69, 9.17) is 0 Å². The molecule has 0 fully saturated rings. The third-order valence-corrected chi connectivity index (χ3v) is 3.75. The molecule has 0 bridgehead atoms. The van der Waals surface area contributed by atoms with Gasteiger partial charge in [0.2, 0.25) is 0 Å². The van der Waals surface area contributed by atoms with Gasteiger partial charge in [0.15, 0.2) is 0 Å². The van der Waals surface area contributed by atoms with Crippen molar-refractivity contribution in [3.63, 3.8) is 0 Å². The van der Waals surface area contributed by atoms with E-state index in [1.807, 2.05) is 18.2 Å². The average molecular weight is 311 g/mol. The molecular weight excluding hydrogens is 286 g/mol. The van der Waals surface area contributed by atoms with Crippen molar-refractivity contribution in [2.75, 3.05) is 11.9 Å². The molecule has 1 aromatic carbocycles. The molecule has 0 spiro atoms. The van der Waals surface area contributed by atoms with E-state index >= 15 is 0 Å². The summed E-state index contributed by atoms with van der Waals surface area (Å²) < 4.78 is 0. The highest BCUT2D eigenvalue weighted by Crippen LogP contribution is 2.13. The van der Waals surface area contributed by atoms with Gasteiger partial charge in [0.05, 0.1) is 11.3 Å². The zero-order valence-electron chi connectivity index (χ0n) is 14.1. The minimum absolute atomic E-state index is 0.0716. The number of nitrogens with one attached hydrogen (secondary N) is 2. The molecule has 23 heavy (non-hydrogen) atoms. The molecule has 0 saturated carbocycles. The Morgan fingerprint density at radius 1 is 1.22 bits per heavy atom. The molecule has 4 heteroatoms. The second kappa shape index (κ2) is 8.32. The van der Waals surface area contributed by atoms with Crippen molar-refractivity contribution in [2.24, 2.45) is 5.92 Å². The van der Waals surface area contributed by atoms with Gasteiger partial charge in [-0.1, -0.05) is 38.1 Å². The molecule has 0 radical (unpaired) electrons. The van der Waals surface area contributed by atoms with Crippen molar-refractivity contribution < 1.29 is 4.79 Å². The minimum Gasteiger partial charge on any atom is -0.380 e. The number of aryl methyl sites for hydroxylation is 1. The van der Waals surface area contributed by atoms with E-state index in [-0.39, 0.29) is 5.91 Å². The number of anilines is 1. The number of hydrogen-bond donors (Lipinski definition) is 2. The zero-order valence-corrected chi connectivity index (χ0v) is 14.1. The van der Waals surface area contributed by atoms with Gasteiger partial charge in [0.25, 0.3) is 5.91 Å². The molecule has 0 unspecified atom stereocenters. The molecule has 0 aliphatic carbocycles. The monoisotopic (exact) mass is 311 g/mol. The molecule has 122 valence electrons. The van der Waals surface area contributed by atoms with Gasteiger partial charge < -0.3 is 10.6 Å². The Kier molecular flexibility index (Phi) is 6.15. The number of nitrogens with zero attached hydrogens (tertiary/aromatic N) is 1. The van der Waals surface area contributed by atoms with Crippen molar-refractivity contribution in [3.05, 3.63) is 59.4 Å². The van der Waals surface area contributed by atoms with Gasteiger partial charge in [-0.25, -0.2) is 0 Å². The van der Waals surface area contributed by atoms with Crippen LogP contribution in [0.1, 0.15) is 41.8 Å². The summed E-state index contributed by atoms with van der Waals surface area (Å²) in [6.07, 6.45) is 4.32. The van der Waals surface area contributed by atoms with Gasteiger partial charge in [-0.3, -0.25) is 9.78 Å². The molecule has 1 heterocycles. The SMILES string of the molecule is Cc1ccccc1CNc1cncc(C(=O)NCCC(C)C)c1. The second-order valence-electron chi connectivity index (χ2n) is 6.18. The summed E-state index contributed by atoms with van der Waals surface area (Å²) in [5, 5.41) is 6.26. The Morgan fingerprint density at radius 3 is 2.74 bits per heavy atom. The molecule has 2 aromatic rings. The number of carbonyl (C=O) groups excluding carboxylic acids is 1. The van der Waals surface area contributed by atoms with E-state index in [0.717, 1.165) is 12.1 Å². The first-order valence-electron chi connectivity index (χ1n) is 8.08. The van der Waals surface area contributed by atoms with E-state index in [1.165, 1.54) is 11.1 Å². The lowest BCUT2D eigenvalue weighted by Gasteiger charge is -2.10. The minimum atomic E-state index is -0.0716. The van der Waals surface area contributed by atoms with Crippen LogP contribution in [0.25, 0.3) is 0 Å². The summed E-state index contributed by atoms with van der Waals surface area (Å²) in [5.74, 6) is 0.508. The molecule has 1 amide bonds. The lowest BCUT2D eigenvalue weighted by molar-refractivity contribution is 0.0951. The van der Waals surface area contributed by atoms with E-state index in [1.54, 1.807) is 12.4 Å². The van der Waals surface area contributed by atoms with E-state index in [2.05, 4.69) is 48.5 Å². The van der Waals surface area contributed by atoms with Crippen molar-refractivity contribution in [3.8, 4) is 0 Å². The number of pyridine rings is 1. The van der Waals surface area contributed by atoms with Crippen LogP contribution in [0.5, 0.6) is 0 Å². The molecular formula is C19H25N3O. The quantitative estimate of drug-likeness (QED) is 0.818. The highest BCUT2D eigenvalue weighted by Gasteiger charge is 2.07. The predicted molar refractivity (Wildman–Crippen MR) is 94.5 cm³/mol. The number of hydrogen-bond acceptors (Lipinski definition) is 3. The van der Waals surface area contributed by atoms with E-state index in [0.29, 0.717) is 24.6 Å². The Balaban J connectivity index is 1.94. The van der Waals surface area contributed by atoms with Crippen LogP contribution in [0.2, 0.25) is 0 Å². The van der Waals surface area contributed by atoms with Crippen LogP contribution in [-0.4, -0.2) is 17.4 Å². The summed E-state index contributed by atoms with van der Waals surface area (Å²) in [6, 6.07) is 10.1. The Bertz CT molecular complexity index is 653. The molecule has 1 aromatic heterocycles. The number of amides is 1. The highest BCUT2D eigenvalue weighted by atomic mass is 16.1. The maximum Gasteiger partial charge on any atom is 0.252 e. The van der Waals surface area contributed by atoms with Crippen LogP contribution in [-0.2, 0) is 6.54 Å². The van der Waals surface area contributed by atoms with Crippen molar-refractivity contribution in [2.45, 2.75) is 33.7 Å². The van der Waals surface area contributed by atoms with Crippen LogP contribution in [0.4, 0.5) is 5.69 Å². The first-order valence-corrected chi connectivity index (χ1v) is 8.08. The molecule has 2 N–H and O–H groups in total. The number of benzene rings is 1. The van der Waals surface area contributed by atoms with Crippen LogP contribution >= 0.6 is 0 Å². The van der Waals surface area contributed by atoms with Crippen molar-refractivity contribution >= 4 is 11.6 Å².